The monoisotopic (exact) mass is 235 g/mol. The van der Waals surface area contributed by atoms with Crippen LogP contribution >= 0.6 is 0 Å². The van der Waals surface area contributed by atoms with Crippen LogP contribution < -0.4 is 5.56 Å². The van der Waals surface area contributed by atoms with Crippen molar-refractivity contribution >= 4 is 0 Å². The van der Waals surface area contributed by atoms with E-state index in [0.29, 0.717) is 5.69 Å². The molecule has 0 aliphatic heterocycles. The first-order valence-electron chi connectivity index (χ1n) is 5.34. The predicted octanol–water partition coefficient (Wildman–Crippen LogP) is 2.71. The molecule has 0 bridgehead atoms. The standard InChI is InChI=1S/C11H8FNO2.C2H6/c12-8-1-3-9(4-2-8)13-6-5-10(14)7-11(13)15;1-2/h1-7,14H;1-2H3. The summed E-state index contributed by atoms with van der Waals surface area (Å²) in [5.41, 5.74) is 0.197. The number of hydrogen-bond donors (Lipinski definition) is 1. The number of aromatic hydroxyl groups is 1. The molecule has 2 rings (SSSR count). The van der Waals surface area contributed by atoms with Crippen molar-refractivity contribution in [3.63, 3.8) is 0 Å². The van der Waals surface area contributed by atoms with Gasteiger partial charge in [0.2, 0.25) is 0 Å². The first kappa shape index (κ1) is 13.0. The van der Waals surface area contributed by atoms with E-state index in [4.69, 9.17) is 5.11 Å². The molecular formula is C13H14FNO2. The fourth-order valence-electron chi connectivity index (χ4n) is 1.28. The van der Waals surface area contributed by atoms with E-state index < -0.39 is 0 Å². The average Bonchev–Trinajstić information content (AvgIpc) is 2.33. The van der Waals surface area contributed by atoms with E-state index in [1.807, 2.05) is 13.8 Å². The van der Waals surface area contributed by atoms with Crippen molar-refractivity contribution in [2.24, 2.45) is 0 Å². The minimum atomic E-state index is -0.360. The van der Waals surface area contributed by atoms with Crippen LogP contribution in [0.3, 0.4) is 0 Å². The van der Waals surface area contributed by atoms with Gasteiger partial charge in [-0.1, -0.05) is 13.8 Å². The van der Waals surface area contributed by atoms with Gasteiger partial charge in [0.15, 0.2) is 0 Å². The van der Waals surface area contributed by atoms with E-state index in [0.717, 1.165) is 6.07 Å². The molecule has 17 heavy (non-hydrogen) atoms. The van der Waals surface area contributed by atoms with Crippen molar-refractivity contribution in [2.45, 2.75) is 13.8 Å². The summed E-state index contributed by atoms with van der Waals surface area (Å²) in [6.07, 6.45) is 1.44. The second-order valence-electron chi connectivity index (χ2n) is 3.07. The predicted molar refractivity (Wildman–Crippen MR) is 65.0 cm³/mol. The van der Waals surface area contributed by atoms with Crippen LogP contribution in [0.4, 0.5) is 4.39 Å². The molecule has 0 aliphatic rings. The Morgan fingerprint density at radius 1 is 1.12 bits per heavy atom. The molecular weight excluding hydrogens is 221 g/mol. The normalized spacial score (nSPS) is 9.35. The number of halogens is 1. The van der Waals surface area contributed by atoms with Gasteiger partial charge in [0, 0.05) is 18.0 Å². The molecule has 0 unspecified atom stereocenters. The van der Waals surface area contributed by atoms with Gasteiger partial charge in [-0.3, -0.25) is 9.36 Å². The number of nitrogens with zero attached hydrogens (tertiary/aromatic N) is 1. The summed E-state index contributed by atoms with van der Waals surface area (Å²) >= 11 is 0. The van der Waals surface area contributed by atoms with Crippen molar-refractivity contribution in [2.75, 3.05) is 0 Å². The van der Waals surface area contributed by atoms with Crippen LogP contribution in [0.15, 0.2) is 47.4 Å². The maximum Gasteiger partial charge on any atom is 0.258 e. The van der Waals surface area contributed by atoms with E-state index in [-0.39, 0.29) is 17.1 Å². The van der Waals surface area contributed by atoms with Crippen LogP contribution in [-0.4, -0.2) is 9.67 Å². The Morgan fingerprint density at radius 2 is 1.71 bits per heavy atom. The van der Waals surface area contributed by atoms with Gasteiger partial charge in [-0.15, -0.1) is 0 Å². The van der Waals surface area contributed by atoms with E-state index in [1.165, 1.54) is 41.1 Å². The summed E-state index contributed by atoms with van der Waals surface area (Å²) < 4.78 is 14.0. The molecule has 0 aliphatic carbocycles. The van der Waals surface area contributed by atoms with E-state index in [9.17, 15) is 9.18 Å². The number of benzene rings is 1. The maximum atomic E-state index is 12.6. The third-order valence-corrected chi connectivity index (χ3v) is 2.01. The van der Waals surface area contributed by atoms with Crippen molar-refractivity contribution in [1.82, 2.24) is 4.57 Å². The van der Waals surface area contributed by atoms with E-state index in [1.54, 1.807) is 0 Å². The van der Waals surface area contributed by atoms with Gasteiger partial charge >= 0.3 is 0 Å². The summed E-state index contributed by atoms with van der Waals surface area (Å²) in [4.78, 5) is 11.4. The highest BCUT2D eigenvalue weighted by Crippen LogP contribution is 2.08. The molecule has 1 N–H and O–H groups in total. The van der Waals surface area contributed by atoms with Crippen LogP contribution in [0.5, 0.6) is 5.75 Å². The molecule has 0 spiro atoms. The van der Waals surface area contributed by atoms with Crippen LogP contribution in [-0.2, 0) is 0 Å². The Bertz CT molecular complexity index is 532. The molecule has 0 radical (unpaired) electrons. The molecule has 0 saturated heterocycles. The molecule has 4 heteroatoms. The molecule has 1 aromatic carbocycles. The number of hydrogen-bond acceptors (Lipinski definition) is 2. The van der Waals surface area contributed by atoms with Gasteiger partial charge in [0.25, 0.3) is 5.56 Å². The highest BCUT2D eigenvalue weighted by atomic mass is 19.1. The Balaban J connectivity index is 0.000000686. The quantitative estimate of drug-likeness (QED) is 0.825. The van der Waals surface area contributed by atoms with Crippen molar-refractivity contribution < 1.29 is 9.50 Å². The highest BCUT2D eigenvalue weighted by molar-refractivity contribution is 5.33. The van der Waals surface area contributed by atoms with Gasteiger partial charge in [0.05, 0.1) is 0 Å². The largest absolute Gasteiger partial charge is 0.508 e. The van der Waals surface area contributed by atoms with Gasteiger partial charge < -0.3 is 5.11 Å². The topological polar surface area (TPSA) is 42.2 Å². The van der Waals surface area contributed by atoms with E-state index in [2.05, 4.69) is 0 Å². The van der Waals surface area contributed by atoms with Gasteiger partial charge in [-0.05, 0) is 30.3 Å². The zero-order valence-corrected chi connectivity index (χ0v) is 9.72. The van der Waals surface area contributed by atoms with Crippen molar-refractivity contribution in [3.8, 4) is 11.4 Å². The Labute approximate surface area is 98.8 Å². The Kier molecular flexibility index (Phi) is 4.46. The van der Waals surface area contributed by atoms with Crippen molar-refractivity contribution in [1.29, 1.82) is 0 Å². The third-order valence-electron chi connectivity index (χ3n) is 2.01. The molecule has 0 saturated carbocycles. The molecule has 3 nitrogen and oxygen atoms in total. The summed E-state index contributed by atoms with van der Waals surface area (Å²) in [5, 5.41) is 9.06. The van der Waals surface area contributed by atoms with E-state index >= 15 is 0 Å². The fraction of sp³-hybridized carbons (Fsp3) is 0.154. The summed E-state index contributed by atoms with van der Waals surface area (Å²) in [7, 11) is 0. The lowest BCUT2D eigenvalue weighted by Gasteiger charge is -2.04. The summed E-state index contributed by atoms with van der Waals surface area (Å²) in [6.45, 7) is 4.00. The lowest BCUT2D eigenvalue weighted by molar-refractivity contribution is 0.473. The SMILES string of the molecule is CC.O=c1cc(O)ccn1-c1ccc(F)cc1. The average molecular weight is 235 g/mol. The smallest absolute Gasteiger partial charge is 0.258 e. The molecule has 1 aromatic heterocycles. The van der Waals surface area contributed by atoms with Gasteiger partial charge in [0.1, 0.15) is 11.6 Å². The third kappa shape index (κ3) is 3.17. The van der Waals surface area contributed by atoms with Crippen LogP contribution in [0.1, 0.15) is 13.8 Å². The molecule has 1 heterocycles. The second kappa shape index (κ2) is 5.84. The van der Waals surface area contributed by atoms with Crippen molar-refractivity contribution in [3.05, 3.63) is 58.8 Å². The zero-order valence-electron chi connectivity index (χ0n) is 9.72. The zero-order chi connectivity index (χ0) is 12.8. The first-order chi connectivity index (χ1) is 8.16. The van der Waals surface area contributed by atoms with Crippen LogP contribution in [0.2, 0.25) is 0 Å². The summed E-state index contributed by atoms with van der Waals surface area (Å²) in [6, 6.07) is 8.03. The fourth-order valence-corrected chi connectivity index (χ4v) is 1.28. The Hall–Kier alpha value is -2.10. The van der Waals surface area contributed by atoms with Gasteiger partial charge in [-0.2, -0.15) is 0 Å². The van der Waals surface area contributed by atoms with Crippen LogP contribution in [0.25, 0.3) is 5.69 Å². The second-order valence-corrected chi connectivity index (χ2v) is 3.07. The maximum absolute atomic E-state index is 12.6. The molecule has 0 fully saturated rings. The van der Waals surface area contributed by atoms with Gasteiger partial charge in [-0.25, -0.2) is 4.39 Å². The number of aromatic nitrogens is 1. The molecule has 0 amide bonds. The lowest BCUT2D eigenvalue weighted by atomic mass is 10.3. The van der Waals surface area contributed by atoms with Crippen LogP contribution in [0, 0.1) is 5.82 Å². The highest BCUT2D eigenvalue weighted by Gasteiger charge is 2.00. The molecule has 90 valence electrons. The number of pyridine rings is 1. The Morgan fingerprint density at radius 3 is 2.24 bits per heavy atom. The lowest BCUT2D eigenvalue weighted by Crippen LogP contribution is -2.15. The molecule has 0 atom stereocenters. The minimum absolute atomic E-state index is 0.0849. The number of rotatable bonds is 1. The minimum Gasteiger partial charge on any atom is -0.508 e. The molecule has 2 aromatic rings. The first-order valence-corrected chi connectivity index (χ1v) is 5.34. The summed E-state index contributed by atoms with van der Waals surface area (Å²) in [5.74, 6) is -0.441.